The predicted molar refractivity (Wildman–Crippen MR) is 55.3 cm³/mol. The molecule has 0 radical (unpaired) electrons. The second-order valence-electron chi connectivity index (χ2n) is 2.74. The van der Waals surface area contributed by atoms with E-state index >= 15 is 0 Å². The Hall–Kier alpha value is -1.49. The third kappa shape index (κ3) is 2.99. The lowest BCUT2D eigenvalue weighted by molar-refractivity contribution is -0.134. The summed E-state index contributed by atoms with van der Waals surface area (Å²) in [5.41, 5.74) is 0. The minimum absolute atomic E-state index is 0.0690. The fourth-order valence-electron chi connectivity index (χ4n) is 0.927. The molecule has 5 heteroatoms. The van der Waals surface area contributed by atoms with Crippen LogP contribution in [0.5, 0.6) is 0 Å². The van der Waals surface area contributed by atoms with Crippen molar-refractivity contribution in [2.75, 3.05) is 7.11 Å². The SMILES string of the molecule is COC(=O)/C=C/c1cc(F)c(C(C)=O)s1. The van der Waals surface area contributed by atoms with E-state index in [0.29, 0.717) is 4.88 Å². The highest BCUT2D eigenvalue weighted by Gasteiger charge is 2.11. The highest BCUT2D eigenvalue weighted by Crippen LogP contribution is 2.22. The molecule has 0 unspecified atom stereocenters. The zero-order chi connectivity index (χ0) is 11.4. The standard InChI is InChI=1S/C10H9FO3S/c1-6(12)10-8(11)5-7(15-10)3-4-9(13)14-2/h3-5H,1-2H3/b4-3+. The molecule has 0 bridgehead atoms. The second kappa shape index (κ2) is 4.84. The normalized spacial score (nSPS) is 10.6. The van der Waals surface area contributed by atoms with Crippen LogP contribution in [0, 0.1) is 5.82 Å². The van der Waals surface area contributed by atoms with Gasteiger partial charge < -0.3 is 4.74 Å². The van der Waals surface area contributed by atoms with Crippen LogP contribution in [0.1, 0.15) is 21.5 Å². The molecule has 1 heterocycles. The molecule has 1 aromatic heterocycles. The summed E-state index contributed by atoms with van der Waals surface area (Å²) in [6.07, 6.45) is 2.58. The van der Waals surface area contributed by atoms with Crippen molar-refractivity contribution in [3.8, 4) is 0 Å². The third-order valence-corrected chi connectivity index (χ3v) is 2.79. The quantitative estimate of drug-likeness (QED) is 0.453. The van der Waals surface area contributed by atoms with Crippen molar-refractivity contribution in [1.29, 1.82) is 0 Å². The number of esters is 1. The van der Waals surface area contributed by atoms with Gasteiger partial charge in [0.15, 0.2) is 5.78 Å². The predicted octanol–water partition coefficient (Wildman–Crippen LogP) is 2.28. The maximum atomic E-state index is 13.1. The van der Waals surface area contributed by atoms with E-state index in [1.54, 1.807) is 0 Å². The molecular weight excluding hydrogens is 219 g/mol. The molecule has 1 aromatic rings. The Morgan fingerprint density at radius 3 is 2.67 bits per heavy atom. The van der Waals surface area contributed by atoms with E-state index in [1.165, 1.54) is 32.3 Å². The largest absolute Gasteiger partial charge is 0.466 e. The highest BCUT2D eigenvalue weighted by atomic mass is 32.1. The first kappa shape index (κ1) is 11.6. The van der Waals surface area contributed by atoms with Gasteiger partial charge in [0.2, 0.25) is 0 Å². The Labute approximate surface area is 90.2 Å². The van der Waals surface area contributed by atoms with Gasteiger partial charge in [0.1, 0.15) is 10.7 Å². The second-order valence-corrected chi connectivity index (χ2v) is 3.82. The number of methoxy groups -OCH3 is 1. The van der Waals surface area contributed by atoms with E-state index in [4.69, 9.17) is 0 Å². The molecule has 0 aliphatic rings. The fraction of sp³-hybridized carbons (Fsp3) is 0.200. The first-order valence-corrected chi connectivity index (χ1v) is 4.92. The Morgan fingerprint density at radius 1 is 1.53 bits per heavy atom. The van der Waals surface area contributed by atoms with Crippen LogP contribution in [-0.2, 0) is 9.53 Å². The van der Waals surface area contributed by atoms with Gasteiger partial charge in [-0.15, -0.1) is 11.3 Å². The third-order valence-electron chi connectivity index (χ3n) is 1.61. The number of rotatable bonds is 3. The van der Waals surface area contributed by atoms with Crippen molar-refractivity contribution in [2.24, 2.45) is 0 Å². The minimum Gasteiger partial charge on any atom is -0.466 e. The molecule has 0 aliphatic heterocycles. The molecule has 15 heavy (non-hydrogen) atoms. The van der Waals surface area contributed by atoms with E-state index in [-0.39, 0.29) is 10.7 Å². The maximum absolute atomic E-state index is 13.1. The molecule has 0 N–H and O–H groups in total. The molecule has 1 rings (SSSR count). The van der Waals surface area contributed by atoms with Gasteiger partial charge in [0.05, 0.1) is 7.11 Å². The molecule has 0 atom stereocenters. The Morgan fingerprint density at radius 2 is 2.20 bits per heavy atom. The van der Waals surface area contributed by atoms with Gasteiger partial charge in [-0.05, 0) is 12.1 Å². The number of hydrogen-bond acceptors (Lipinski definition) is 4. The molecule has 0 saturated carbocycles. The summed E-state index contributed by atoms with van der Waals surface area (Å²) < 4.78 is 17.5. The summed E-state index contributed by atoms with van der Waals surface area (Å²) in [5, 5.41) is 0. The van der Waals surface area contributed by atoms with Gasteiger partial charge >= 0.3 is 5.97 Å². The lowest BCUT2D eigenvalue weighted by atomic mass is 10.3. The summed E-state index contributed by atoms with van der Waals surface area (Å²) in [7, 11) is 1.25. The van der Waals surface area contributed by atoms with Crippen molar-refractivity contribution in [2.45, 2.75) is 6.92 Å². The Kier molecular flexibility index (Phi) is 3.74. The van der Waals surface area contributed by atoms with Crippen molar-refractivity contribution in [3.05, 3.63) is 27.7 Å². The molecule has 0 spiro atoms. The monoisotopic (exact) mass is 228 g/mol. The number of Topliss-reactive ketones (excluding diaryl/α,β-unsaturated/α-hetero) is 1. The topological polar surface area (TPSA) is 43.4 Å². The molecular formula is C10H9FO3S. The van der Waals surface area contributed by atoms with Gasteiger partial charge in [-0.3, -0.25) is 4.79 Å². The maximum Gasteiger partial charge on any atom is 0.330 e. The summed E-state index contributed by atoms with van der Waals surface area (Å²) >= 11 is 1.00. The summed E-state index contributed by atoms with van der Waals surface area (Å²) in [4.78, 5) is 22.2. The number of thiophene rings is 1. The first-order chi connectivity index (χ1) is 7.04. The molecule has 0 amide bonds. The number of carbonyl (C=O) groups is 2. The van der Waals surface area contributed by atoms with Crippen LogP contribution in [0.4, 0.5) is 4.39 Å². The van der Waals surface area contributed by atoms with Crippen molar-refractivity contribution >= 4 is 29.2 Å². The number of hydrogen-bond donors (Lipinski definition) is 0. The van der Waals surface area contributed by atoms with Gasteiger partial charge in [0.25, 0.3) is 0 Å². The van der Waals surface area contributed by atoms with Crippen LogP contribution in [0.3, 0.4) is 0 Å². The van der Waals surface area contributed by atoms with E-state index in [9.17, 15) is 14.0 Å². The summed E-state index contributed by atoms with van der Waals surface area (Å²) in [6, 6.07) is 1.21. The summed E-state index contributed by atoms with van der Waals surface area (Å²) in [5.74, 6) is -1.40. The number of halogens is 1. The van der Waals surface area contributed by atoms with Crippen LogP contribution < -0.4 is 0 Å². The summed E-state index contributed by atoms with van der Waals surface area (Å²) in [6.45, 7) is 1.29. The zero-order valence-electron chi connectivity index (χ0n) is 8.24. The molecule has 0 fully saturated rings. The van der Waals surface area contributed by atoms with Gasteiger partial charge in [0, 0.05) is 17.9 Å². The van der Waals surface area contributed by atoms with Crippen molar-refractivity contribution in [1.82, 2.24) is 0 Å². The fourth-order valence-corrected chi connectivity index (χ4v) is 1.76. The van der Waals surface area contributed by atoms with Crippen LogP contribution in [0.25, 0.3) is 6.08 Å². The minimum atomic E-state index is -0.558. The molecule has 0 aromatic carbocycles. The van der Waals surface area contributed by atoms with Crippen LogP contribution in [0.15, 0.2) is 12.1 Å². The molecule has 3 nitrogen and oxygen atoms in total. The van der Waals surface area contributed by atoms with Crippen LogP contribution in [-0.4, -0.2) is 18.9 Å². The Bertz CT molecular complexity index is 420. The average Bonchev–Trinajstić information content (AvgIpc) is 2.56. The smallest absolute Gasteiger partial charge is 0.330 e. The van der Waals surface area contributed by atoms with Crippen molar-refractivity contribution in [3.63, 3.8) is 0 Å². The van der Waals surface area contributed by atoms with Crippen LogP contribution >= 0.6 is 11.3 Å². The number of ether oxygens (including phenoxy) is 1. The molecule has 0 aliphatic carbocycles. The van der Waals surface area contributed by atoms with E-state index in [1.807, 2.05) is 0 Å². The van der Waals surface area contributed by atoms with E-state index in [2.05, 4.69) is 4.74 Å². The van der Waals surface area contributed by atoms with Gasteiger partial charge in [-0.1, -0.05) is 0 Å². The van der Waals surface area contributed by atoms with E-state index in [0.717, 1.165) is 11.3 Å². The van der Waals surface area contributed by atoms with Crippen LogP contribution in [0.2, 0.25) is 0 Å². The van der Waals surface area contributed by atoms with Crippen molar-refractivity contribution < 1.29 is 18.7 Å². The molecule has 0 saturated heterocycles. The Balaban J connectivity index is 2.89. The molecule has 80 valence electrons. The lowest BCUT2D eigenvalue weighted by Crippen LogP contribution is -1.92. The number of carbonyl (C=O) groups excluding carboxylic acids is 2. The first-order valence-electron chi connectivity index (χ1n) is 4.11. The average molecular weight is 228 g/mol. The van der Waals surface area contributed by atoms with Gasteiger partial charge in [-0.25, -0.2) is 9.18 Å². The zero-order valence-corrected chi connectivity index (χ0v) is 9.06. The lowest BCUT2D eigenvalue weighted by Gasteiger charge is -1.87. The number of ketones is 1. The van der Waals surface area contributed by atoms with Gasteiger partial charge in [-0.2, -0.15) is 0 Å². The van der Waals surface area contributed by atoms with E-state index < -0.39 is 11.8 Å². The highest BCUT2D eigenvalue weighted by molar-refractivity contribution is 7.14.